The summed E-state index contributed by atoms with van der Waals surface area (Å²) < 4.78 is 5.26. The Hall–Kier alpha value is -1.99. The molecule has 2 heterocycles. The molecule has 1 aromatic heterocycles. The van der Waals surface area contributed by atoms with Crippen molar-refractivity contribution in [1.82, 2.24) is 10.3 Å². The normalized spacial score (nSPS) is 18.8. The first kappa shape index (κ1) is 13.4. The number of hydrogen-bond donors (Lipinski definition) is 3. The van der Waals surface area contributed by atoms with Gasteiger partial charge in [0.2, 0.25) is 5.91 Å². The summed E-state index contributed by atoms with van der Waals surface area (Å²) in [5.74, 6) is -1.26. The minimum absolute atomic E-state index is 0.0139. The van der Waals surface area contributed by atoms with Crippen molar-refractivity contribution in [3.05, 3.63) is 24.0 Å². The number of carboxylic acid groups (broad SMARTS) is 1. The molecule has 7 heteroatoms. The fraction of sp³-hybridized carbons (Fsp3) is 0.417. The maximum absolute atomic E-state index is 11.7. The number of amides is 1. The van der Waals surface area contributed by atoms with Gasteiger partial charge in [0.1, 0.15) is 5.69 Å². The van der Waals surface area contributed by atoms with Gasteiger partial charge in [0.15, 0.2) is 0 Å². The highest BCUT2D eigenvalue weighted by Crippen LogP contribution is 2.08. The monoisotopic (exact) mass is 265 g/mol. The number of carbonyl (C=O) groups is 2. The van der Waals surface area contributed by atoms with Crippen molar-refractivity contribution in [2.75, 3.05) is 25.1 Å². The van der Waals surface area contributed by atoms with Crippen LogP contribution >= 0.6 is 0 Å². The van der Waals surface area contributed by atoms with E-state index in [0.717, 1.165) is 6.54 Å². The van der Waals surface area contributed by atoms with Gasteiger partial charge in [0, 0.05) is 19.0 Å². The van der Waals surface area contributed by atoms with Gasteiger partial charge in [-0.1, -0.05) is 0 Å². The van der Waals surface area contributed by atoms with Crippen LogP contribution in [0.2, 0.25) is 0 Å². The molecule has 0 bridgehead atoms. The summed E-state index contributed by atoms with van der Waals surface area (Å²) in [4.78, 5) is 26.1. The van der Waals surface area contributed by atoms with Crippen molar-refractivity contribution < 1.29 is 19.4 Å². The van der Waals surface area contributed by atoms with E-state index >= 15 is 0 Å². The standard InChI is InChI=1S/C12H15N3O4/c16-11(5-9-7-19-4-3-13-9)15-8-1-2-10(12(17)18)14-6-8/h1-2,6,9,13H,3-5,7H2,(H,15,16)(H,17,18). The molecular formula is C12H15N3O4. The predicted molar refractivity (Wildman–Crippen MR) is 67.1 cm³/mol. The van der Waals surface area contributed by atoms with Crippen LogP contribution in [-0.4, -0.2) is 47.8 Å². The Morgan fingerprint density at radius 2 is 2.37 bits per heavy atom. The molecule has 1 fully saturated rings. The molecular weight excluding hydrogens is 250 g/mol. The molecule has 1 aromatic rings. The zero-order valence-corrected chi connectivity index (χ0v) is 10.3. The van der Waals surface area contributed by atoms with Gasteiger partial charge < -0.3 is 20.5 Å². The molecule has 1 unspecified atom stereocenters. The maximum Gasteiger partial charge on any atom is 0.354 e. The summed E-state index contributed by atoms with van der Waals surface area (Å²) in [6, 6.07) is 2.87. The number of rotatable bonds is 4. The lowest BCUT2D eigenvalue weighted by Gasteiger charge is -2.23. The van der Waals surface area contributed by atoms with E-state index in [0.29, 0.717) is 25.3 Å². The molecule has 0 radical (unpaired) electrons. The number of morpholine rings is 1. The molecule has 7 nitrogen and oxygen atoms in total. The van der Waals surface area contributed by atoms with Crippen molar-refractivity contribution in [2.45, 2.75) is 12.5 Å². The average molecular weight is 265 g/mol. The fourth-order valence-electron chi connectivity index (χ4n) is 1.78. The van der Waals surface area contributed by atoms with E-state index in [4.69, 9.17) is 9.84 Å². The molecule has 0 aliphatic carbocycles. The third-order valence-electron chi connectivity index (χ3n) is 2.70. The molecule has 0 saturated carbocycles. The highest BCUT2D eigenvalue weighted by atomic mass is 16.5. The van der Waals surface area contributed by atoms with Crippen LogP contribution in [0.15, 0.2) is 18.3 Å². The Morgan fingerprint density at radius 3 is 2.95 bits per heavy atom. The molecule has 0 spiro atoms. The summed E-state index contributed by atoms with van der Waals surface area (Å²) in [5.41, 5.74) is 0.423. The zero-order chi connectivity index (χ0) is 13.7. The predicted octanol–water partition coefficient (Wildman–Crippen LogP) is 0.0968. The number of ether oxygens (including phenoxy) is 1. The van der Waals surface area contributed by atoms with E-state index in [9.17, 15) is 9.59 Å². The number of carbonyl (C=O) groups excluding carboxylic acids is 1. The van der Waals surface area contributed by atoms with E-state index < -0.39 is 5.97 Å². The molecule has 2 rings (SSSR count). The van der Waals surface area contributed by atoms with Gasteiger partial charge in [0.05, 0.1) is 25.1 Å². The molecule has 1 aliphatic heterocycles. The van der Waals surface area contributed by atoms with E-state index in [1.807, 2.05) is 0 Å². The van der Waals surface area contributed by atoms with Gasteiger partial charge in [-0.05, 0) is 12.1 Å². The second kappa shape index (κ2) is 6.26. The number of nitrogens with zero attached hydrogens (tertiary/aromatic N) is 1. The summed E-state index contributed by atoms with van der Waals surface area (Å²) in [6.07, 6.45) is 1.63. The summed E-state index contributed by atoms with van der Waals surface area (Å²) in [5, 5.41) is 14.5. The second-order valence-electron chi connectivity index (χ2n) is 4.22. The second-order valence-corrected chi connectivity index (χ2v) is 4.22. The number of pyridine rings is 1. The molecule has 3 N–H and O–H groups in total. The van der Waals surface area contributed by atoms with Crippen molar-refractivity contribution >= 4 is 17.6 Å². The van der Waals surface area contributed by atoms with Crippen molar-refractivity contribution in [2.24, 2.45) is 0 Å². The third kappa shape index (κ3) is 4.01. The first-order valence-corrected chi connectivity index (χ1v) is 5.95. The Morgan fingerprint density at radius 1 is 1.53 bits per heavy atom. The van der Waals surface area contributed by atoms with Crippen LogP contribution in [0, 0.1) is 0 Å². The SMILES string of the molecule is O=C(CC1COCCN1)Nc1ccc(C(=O)O)nc1. The smallest absolute Gasteiger partial charge is 0.354 e. The Bertz CT molecular complexity index is 455. The minimum atomic E-state index is -1.10. The van der Waals surface area contributed by atoms with Crippen LogP contribution in [0.5, 0.6) is 0 Å². The molecule has 19 heavy (non-hydrogen) atoms. The summed E-state index contributed by atoms with van der Waals surface area (Å²) >= 11 is 0. The van der Waals surface area contributed by atoms with Gasteiger partial charge in [-0.3, -0.25) is 4.79 Å². The average Bonchev–Trinajstić information content (AvgIpc) is 2.40. The van der Waals surface area contributed by atoms with Gasteiger partial charge >= 0.3 is 5.97 Å². The van der Waals surface area contributed by atoms with E-state index in [1.165, 1.54) is 18.3 Å². The van der Waals surface area contributed by atoms with Crippen LogP contribution in [0.3, 0.4) is 0 Å². The minimum Gasteiger partial charge on any atom is -0.477 e. The highest BCUT2D eigenvalue weighted by molar-refractivity contribution is 5.91. The molecule has 1 aliphatic rings. The molecule has 102 valence electrons. The summed E-state index contributed by atoms with van der Waals surface area (Å²) in [6.45, 7) is 1.93. The topological polar surface area (TPSA) is 101 Å². The Labute approximate surface area is 110 Å². The number of carboxylic acids is 1. The molecule has 1 atom stereocenters. The number of nitrogens with one attached hydrogen (secondary N) is 2. The lowest BCUT2D eigenvalue weighted by atomic mass is 10.2. The largest absolute Gasteiger partial charge is 0.477 e. The van der Waals surface area contributed by atoms with Crippen molar-refractivity contribution in [3.63, 3.8) is 0 Å². The van der Waals surface area contributed by atoms with Crippen LogP contribution in [-0.2, 0) is 9.53 Å². The van der Waals surface area contributed by atoms with Crippen LogP contribution in [0.25, 0.3) is 0 Å². The van der Waals surface area contributed by atoms with Crippen LogP contribution in [0.4, 0.5) is 5.69 Å². The van der Waals surface area contributed by atoms with Crippen molar-refractivity contribution in [3.8, 4) is 0 Å². The Balaban J connectivity index is 1.85. The first-order valence-electron chi connectivity index (χ1n) is 5.95. The van der Waals surface area contributed by atoms with Crippen LogP contribution in [0.1, 0.15) is 16.9 Å². The number of anilines is 1. The van der Waals surface area contributed by atoms with Crippen LogP contribution < -0.4 is 10.6 Å². The highest BCUT2D eigenvalue weighted by Gasteiger charge is 2.17. The number of hydrogen-bond acceptors (Lipinski definition) is 5. The Kier molecular flexibility index (Phi) is 4.43. The number of aromatic nitrogens is 1. The van der Waals surface area contributed by atoms with E-state index in [1.54, 1.807) is 0 Å². The van der Waals surface area contributed by atoms with Gasteiger partial charge in [-0.15, -0.1) is 0 Å². The fourth-order valence-corrected chi connectivity index (χ4v) is 1.78. The number of aromatic carboxylic acids is 1. The van der Waals surface area contributed by atoms with Gasteiger partial charge in [0.25, 0.3) is 0 Å². The molecule has 1 saturated heterocycles. The third-order valence-corrected chi connectivity index (χ3v) is 2.70. The molecule has 1 amide bonds. The van der Waals surface area contributed by atoms with E-state index in [2.05, 4.69) is 15.6 Å². The summed E-state index contributed by atoms with van der Waals surface area (Å²) in [7, 11) is 0. The van der Waals surface area contributed by atoms with Gasteiger partial charge in [-0.25, -0.2) is 9.78 Å². The maximum atomic E-state index is 11.7. The lowest BCUT2D eigenvalue weighted by Crippen LogP contribution is -2.43. The van der Waals surface area contributed by atoms with E-state index in [-0.39, 0.29) is 17.6 Å². The quantitative estimate of drug-likeness (QED) is 0.713. The zero-order valence-electron chi connectivity index (χ0n) is 10.3. The van der Waals surface area contributed by atoms with Crippen molar-refractivity contribution in [1.29, 1.82) is 0 Å². The van der Waals surface area contributed by atoms with Gasteiger partial charge in [-0.2, -0.15) is 0 Å². The first-order chi connectivity index (χ1) is 9.15. The molecule has 0 aromatic carbocycles. The lowest BCUT2D eigenvalue weighted by molar-refractivity contribution is -0.117.